The van der Waals surface area contributed by atoms with E-state index in [4.69, 9.17) is 4.74 Å². The van der Waals surface area contributed by atoms with Crippen molar-refractivity contribution in [3.8, 4) is 0 Å². The number of nitrogens with zero attached hydrogens (tertiary/aromatic N) is 1. The van der Waals surface area contributed by atoms with Crippen molar-refractivity contribution in [1.82, 2.24) is 4.90 Å². The molecule has 0 atom stereocenters. The van der Waals surface area contributed by atoms with E-state index in [0.29, 0.717) is 10.8 Å². The molecule has 1 aliphatic heterocycles. The fraction of sp³-hybridized carbons (Fsp3) is 0.571. The van der Waals surface area contributed by atoms with Crippen molar-refractivity contribution in [3.63, 3.8) is 0 Å². The number of rotatable bonds is 3. The third-order valence-electron chi connectivity index (χ3n) is 3.40. The summed E-state index contributed by atoms with van der Waals surface area (Å²) >= 11 is 1.38. The first-order chi connectivity index (χ1) is 9.06. The van der Waals surface area contributed by atoms with E-state index >= 15 is 0 Å². The van der Waals surface area contributed by atoms with Crippen LogP contribution in [0.15, 0.2) is 12.1 Å². The molecule has 0 aliphatic carbocycles. The number of esters is 1. The van der Waals surface area contributed by atoms with Gasteiger partial charge in [0.05, 0.1) is 0 Å². The van der Waals surface area contributed by atoms with Crippen LogP contribution in [0.3, 0.4) is 0 Å². The molecule has 0 bridgehead atoms. The summed E-state index contributed by atoms with van der Waals surface area (Å²) in [7, 11) is 0. The van der Waals surface area contributed by atoms with Crippen LogP contribution in [0, 0.1) is 12.8 Å². The first-order valence-electron chi connectivity index (χ1n) is 6.57. The Hall–Kier alpha value is -1.36. The topological polar surface area (TPSA) is 46.6 Å². The minimum Gasteiger partial charge on any atom is -0.451 e. The molecule has 0 unspecified atom stereocenters. The molecule has 1 aromatic rings. The molecule has 19 heavy (non-hydrogen) atoms. The average Bonchev–Trinajstić information content (AvgIpc) is 2.83. The summed E-state index contributed by atoms with van der Waals surface area (Å²) in [5.74, 6) is 0.186. The highest BCUT2D eigenvalue weighted by Crippen LogP contribution is 2.17. The molecule has 2 rings (SSSR count). The maximum absolute atomic E-state index is 11.9. The summed E-state index contributed by atoms with van der Waals surface area (Å²) in [6.07, 6.45) is 2.06. The van der Waals surface area contributed by atoms with Crippen LogP contribution in [0.4, 0.5) is 0 Å². The predicted molar refractivity (Wildman–Crippen MR) is 74.3 cm³/mol. The van der Waals surface area contributed by atoms with Crippen molar-refractivity contribution in [2.75, 3.05) is 19.7 Å². The average molecular weight is 281 g/mol. The molecule has 1 aromatic heterocycles. The van der Waals surface area contributed by atoms with Gasteiger partial charge in [-0.2, -0.15) is 0 Å². The van der Waals surface area contributed by atoms with Crippen molar-refractivity contribution in [2.45, 2.75) is 26.7 Å². The highest BCUT2D eigenvalue weighted by molar-refractivity contribution is 7.13. The minimum absolute atomic E-state index is 0.0893. The Morgan fingerprint density at radius 1 is 1.37 bits per heavy atom. The Kier molecular flexibility index (Phi) is 4.58. The van der Waals surface area contributed by atoms with Gasteiger partial charge in [0.2, 0.25) is 0 Å². The molecule has 104 valence electrons. The predicted octanol–water partition coefficient (Wildman–Crippen LogP) is 2.47. The van der Waals surface area contributed by atoms with Crippen LogP contribution in [0.25, 0.3) is 0 Å². The Morgan fingerprint density at radius 2 is 2.05 bits per heavy atom. The van der Waals surface area contributed by atoms with E-state index in [-0.39, 0.29) is 12.5 Å². The van der Waals surface area contributed by atoms with Gasteiger partial charge in [0.15, 0.2) is 6.61 Å². The number of hydrogen-bond acceptors (Lipinski definition) is 4. The normalized spacial score (nSPS) is 16.4. The number of amides is 1. The van der Waals surface area contributed by atoms with Gasteiger partial charge in [0.25, 0.3) is 5.91 Å². The molecule has 0 aromatic carbocycles. The molecule has 2 heterocycles. The molecule has 0 spiro atoms. The third-order valence-corrected chi connectivity index (χ3v) is 4.39. The lowest BCUT2D eigenvalue weighted by Gasteiger charge is -2.30. The summed E-state index contributed by atoms with van der Waals surface area (Å²) in [4.78, 5) is 27.0. The Morgan fingerprint density at radius 3 is 2.63 bits per heavy atom. The zero-order valence-corrected chi connectivity index (χ0v) is 12.2. The van der Waals surface area contributed by atoms with Crippen LogP contribution in [0.1, 0.15) is 34.3 Å². The lowest BCUT2D eigenvalue weighted by molar-refractivity contribution is -0.135. The quantitative estimate of drug-likeness (QED) is 0.800. The van der Waals surface area contributed by atoms with E-state index < -0.39 is 5.97 Å². The van der Waals surface area contributed by atoms with Gasteiger partial charge in [-0.05, 0) is 37.8 Å². The van der Waals surface area contributed by atoms with Crippen LogP contribution in [0.2, 0.25) is 0 Å². The van der Waals surface area contributed by atoms with Crippen LogP contribution < -0.4 is 0 Å². The number of aryl methyl sites for hydroxylation is 1. The first-order valence-corrected chi connectivity index (χ1v) is 7.39. The SMILES string of the molecule is Cc1ccc(C(=O)OCC(=O)N2CCC(C)CC2)s1. The molecule has 1 saturated heterocycles. The van der Waals surface area contributed by atoms with E-state index in [0.717, 1.165) is 30.8 Å². The smallest absolute Gasteiger partial charge is 0.348 e. The lowest BCUT2D eigenvalue weighted by Crippen LogP contribution is -2.40. The van der Waals surface area contributed by atoms with Crippen molar-refractivity contribution >= 4 is 23.2 Å². The van der Waals surface area contributed by atoms with E-state index in [1.165, 1.54) is 11.3 Å². The highest BCUT2D eigenvalue weighted by Gasteiger charge is 2.21. The van der Waals surface area contributed by atoms with E-state index in [1.54, 1.807) is 11.0 Å². The van der Waals surface area contributed by atoms with Crippen molar-refractivity contribution < 1.29 is 14.3 Å². The van der Waals surface area contributed by atoms with Gasteiger partial charge in [-0.3, -0.25) is 4.79 Å². The van der Waals surface area contributed by atoms with Gasteiger partial charge in [-0.25, -0.2) is 4.79 Å². The fourth-order valence-corrected chi connectivity index (χ4v) is 2.85. The van der Waals surface area contributed by atoms with Gasteiger partial charge in [0, 0.05) is 18.0 Å². The second-order valence-electron chi connectivity index (χ2n) is 5.05. The molecule has 4 nitrogen and oxygen atoms in total. The number of hydrogen-bond donors (Lipinski definition) is 0. The lowest BCUT2D eigenvalue weighted by atomic mass is 9.99. The van der Waals surface area contributed by atoms with Crippen LogP contribution in [-0.2, 0) is 9.53 Å². The van der Waals surface area contributed by atoms with Gasteiger partial charge in [-0.1, -0.05) is 6.92 Å². The maximum Gasteiger partial charge on any atom is 0.348 e. The number of likely N-dealkylation sites (tertiary alicyclic amines) is 1. The molecular weight excluding hydrogens is 262 g/mol. The maximum atomic E-state index is 11.9. The zero-order valence-electron chi connectivity index (χ0n) is 11.3. The van der Waals surface area contributed by atoms with Crippen molar-refractivity contribution in [3.05, 3.63) is 21.9 Å². The first kappa shape index (κ1) is 14.1. The summed E-state index contributed by atoms with van der Waals surface area (Å²) in [5, 5.41) is 0. The van der Waals surface area contributed by atoms with E-state index in [9.17, 15) is 9.59 Å². The molecule has 0 saturated carbocycles. The second kappa shape index (κ2) is 6.19. The second-order valence-corrected chi connectivity index (χ2v) is 6.34. The van der Waals surface area contributed by atoms with Crippen LogP contribution >= 0.6 is 11.3 Å². The van der Waals surface area contributed by atoms with E-state index in [1.807, 2.05) is 13.0 Å². The Labute approximate surface area is 117 Å². The van der Waals surface area contributed by atoms with Gasteiger partial charge < -0.3 is 9.64 Å². The number of ether oxygens (including phenoxy) is 1. The summed E-state index contributed by atoms with van der Waals surface area (Å²) in [6, 6.07) is 3.60. The number of thiophene rings is 1. The van der Waals surface area contributed by atoms with Gasteiger partial charge in [0.1, 0.15) is 4.88 Å². The number of carbonyl (C=O) groups excluding carboxylic acids is 2. The minimum atomic E-state index is -0.406. The molecule has 1 aliphatic rings. The summed E-state index contributed by atoms with van der Waals surface area (Å²) < 4.78 is 5.06. The monoisotopic (exact) mass is 281 g/mol. The highest BCUT2D eigenvalue weighted by atomic mass is 32.1. The molecule has 5 heteroatoms. The van der Waals surface area contributed by atoms with Crippen molar-refractivity contribution in [2.24, 2.45) is 5.92 Å². The summed E-state index contributed by atoms with van der Waals surface area (Å²) in [5.41, 5.74) is 0. The molecule has 0 N–H and O–H groups in total. The third kappa shape index (κ3) is 3.80. The number of piperidine rings is 1. The Balaban J connectivity index is 1.79. The van der Waals surface area contributed by atoms with Crippen LogP contribution in [0.5, 0.6) is 0 Å². The largest absolute Gasteiger partial charge is 0.451 e. The molecule has 1 amide bonds. The molecular formula is C14H19NO3S. The van der Waals surface area contributed by atoms with E-state index in [2.05, 4.69) is 6.92 Å². The molecule has 0 radical (unpaired) electrons. The number of carbonyl (C=O) groups is 2. The van der Waals surface area contributed by atoms with Gasteiger partial charge >= 0.3 is 5.97 Å². The summed E-state index contributed by atoms with van der Waals surface area (Å²) in [6.45, 7) is 5.53. The standard InChI is InChI=1S/C14H19NO3S/c1-10-5-7-15(8-6-10)13(16)9-18-14(17)12-4-3-11(2)19-12/h3-4,10H,5-9H2,1-2H3. The van der Waals surface area contributed by atoms with Crippen molar-refractivity contribution in [1.29, 1.82) is 0 Å². The Bertz CT molecular complexity index is 461. The zero-order chi connectivity index (χ0) is 13.8. The van der Waals surface area contributed by atoms with Crippen LogP contribution in [-0.4, -0.2) is 36.5 Å². The molecule has 1 fully saturated rings. The fourth-order valence-electron chi connectivity index (χ4n) is 2.09. The van der Waals surface area contributed by atoms with Gasteiger partial charge in [-0.15, -0.1) is 11.3 Å².